The molecule has 2 aromatic rings. The van der Waals surface area contributed by atoms with Crippen molar-refractivity contribution in [2.24, 2.45) is 0 Å². The SMILES string of the molecule is CCOc1ccc(NS(=O)(=O)c2ccc(NC(=O)C3(O)CCC3)cc2)cc1Br. The summed E-state index contributed by atoms with van der Waals surface area (Å²) in [6, 6.07) is 10.7. The molecule has 2 aromatic carbocycles. The molecule has 0 unspecified atom stereocenters. The van der Waals surface area contributed by atoms with Gasteiger partial charge in [0.15, 0.2) is 0 Å². The van der Waals surface area contributed by atoms with E-state index in [1.54, 1.807) is 18.2 Å². The van der Waals surface area contributed by atoms with E-state index >= 15 is 0 Å². The Morgan fingerprint density at radius 2 is 1.82 bits per heavy atom. The first-order valence-corrected chi connectivity index (χ1v) is 11.1. The van der Waals surface area contributed by atoms with E-state index in [4.69, 9.17) is 4.74 Å². The van der Waals surface area contributed by atoms with Gasteiger partial charge in [-0.25, -0.2) is 8.42 Å². The first-order chi connectivity index (χ1) is 13.2. The van der Waals surface area contributed by atoms with Gasteiger partial charge in [0.05, 0.1) is 21.7 Å². The molecule has 1 aliphatic rings. The van der Waals surface area contributed by atoms with Gasteiger partial charge in [-0.1, -0.05) is 0 Å². The van der Waals surface area contributed by atoms with Gasteiger partial charge in [-0.2, -0.15) is 0 Å². The van der Waals surface area contributed by atoms with Crippen LogP contribution in [0.15, 0.2) is 51.8 Å². The number of benzene rings is 2. The fraction of sp³-hybridized carbons (Fsp3) is 0.316. The van der Waals surface area contributed by atoms with Crippen molar-refractivity contribution >= 4 is 43.2 Å². The zero-order valence-electron chi connectivity index (χ0n) is 15.2. The Balaban J connectivity index is 1.70. The summed E-state index contributed by atoms with van der Waals surface area (Å²) in [5.41, 5.74) is -0.499. The molecule has 28 heavy (non-hydrogen) atoms. The largest absolute Gasteiger partial charge is 0.493 e. The normalized spacial score (nSPS) is 15.4. The van der Waals surface area contributed by atoms with Crippen LogP contribution < -0.4 is 14.8 Å². The van der Waals surface area contributed by atoms with Gasteiger partial charge < -0.3 is 15.2 Å². The van der Waals surface area contributed by atoms with Crippen molar-refractivity contribution in [1.29, 1.82) is 0 Å². The van der Waals surface area contributed by atoms with Gasteiger partial charge in [-0.3, -0.25) is 9.52 Å². The lowest BCUT2D eigenvalue weighted by Gasteiger charge is -2.34. The molecule has 0 heterocycles. The molecule has 0 radical (unpaired) electrons. The highest BCUT2D eigenvalue weighted by molar-refractivity contribution is 9.10. The topological polar surface area (TPSA) is 105 Å². The van der Waals surface area contributed by atoms with Crippen LogP contribution in [0.3, 0.4) is 0 Å². The summed E-state index contributed by atoms with van der Waals surface area (Å²) in [6.07, 6.45) is 1.69. The lowest BCUT2D eigenvalue weighted by atomic mass is 9.79. The van der Waals surface area contributed by atoms with Crippen LogP contribution in [0.2, 0.25) is 0 Å². The first-order valence-electron chi connectivity index (χ1n) is 8.82. The smallest absolute Gasteiger partial charge is 0.261 e. The fourth-order valence-corrected chi connectivity index (χ4v) is 4.30. The number of hydrogen-bond donors (Lipinski definition) is 3. The van der Waals surface area contributed by atoms with Gasteiger partial charge in [-0.15, -0.1) is 0 Å². The minimum atomic E-state index is -3.80. The molecule has 3 rings (SSSR count). The van der Waals surface area contributed by atoms with Gasteiger partial charge in [-0.05, 0) is 84.6 Å². The molecule has 1 aliphatic carbocycles. The lowest BCUT2D eigenvalue weighted by Crippen LogP contribution is -2.48. The zero-order chi connectivity index (χ0) is 20.4. The number of nitrogens with one attached hydrogen (secondary N) is 2. The first kappa shape index (κ1) is 20.6. The molecule has 1 amide bonds. The van der Waals surface area contributed by atoms with Crippen LogP contribution in [-0.4, -0.2) is 31.6 Å². The van der Waals surface area contributed by atoms with E-state index in [-0.39, 0.29) is 4.90 Å². The average Bonchev–Trinajstić information content (AvgIpc) is 2.62. The maximum Gasteiger partial charge on any atom is 0.261 e. The van der Waals surface area contributed by atoms with Crippen LogP contribution >= 0.6 is 15.9 Å². The van der Waals surface area contributed by atoms with Crippen LogP contribution in [0.1, 0.15) is 26.2 Å². The Hall–Kier alpha value is -2.10. The number of aliphatic hydroxyl groups is 1. The van der Waals surface area contributed by atoms with Gasteiger partial charge in [0.2, 0.25) is 0 Å². The Morgan fingerprint density at radius 3 is 2.36 bits per heavy atom. The lowest BCUT2D eigenvalue weighted by molar-refractivity contribution is -0.142. The molecule has 1 fully saturated rings. The fourth-order valence-electron chi connectivity index (χ4n) is 2.75. The van der Waals surface area contributed by atoms with E-state index in [9.17, 15) is 18.3 Å². The van der Waals surface area contributed by atoms with Crippen LogP contribution in [0.5, 0.6) is 5.75 Å². The molecule has 7 nitrogen and oxygen atoms in total. The molecule has 3 N–H and O–H groups in total. The van der Waals surface area contributed by atoms with Crippen molar-refractivity contribution in [1.82, 2.24) is 0 Å². The maximum absolute atomic E-state index is 12.6. The number of sulfonamides is 1. The maximum atomic E-state index is 12.6. The minimum Gasteiger partial charge on any atom is -0.493 e. The second-order valence-electron chi connectivity index (χ2n) is 6.55. The number of rotatable bonds is 7. The van der Waals surface area contributed by atoms with Gasteiger partial charge in [0.1, 0.15) is 11.4 Å². The molecule has 0 bridgehead atoms. The average molecular weight is 469 g/mol. The van der Waals surface area contributed by atoms with Crippen LogP contribution in [-0.2, 0) is 14.8 Å². The zero-order valence-corrected chi connectivity index (χ0v) is 17.6. The Bertz CT molecular complexity index is 972. The number of ether oxygens (including phenoxy) is 1. The third kappa shape index (κ3) is 4.48. The third-order valence-corrected chi connectivity index (χ3v) is 6.53. The summed E-state index contributed by atoms with van der Waals surface area (Å²) < 4.78 is 33.7. The number of anilines is 2. The predicted molar refractivity (Wildman–Crippen MR) is 110 cm³/mol. The van der Waals surface area contributed by atoms with E-state index in [0.29, 0.717) is 41.0 Å². The standard InChI is InChI=1S/C19H21BrN2O5S/c1-2-27-17-9-6-14(12-16(17)20)22-28(25,26)15-7-4-13(5-8-15)21-18(23)19(24)10-3-11-19/h4-9,12,22,24H,2-3,10-11H2,1H3,(H,21,23). The predicted octanol–water partition coefficient (Wildman–Crippen LogP) is 3.50. The number of hydrogen-bond acceptors (Lipinski definition) is 5. The summed E-state index contributed by atoms with van der Waals surface area (Å²) >= 11 is 3.35. The molecular weight excluding hydrogens is 448 g/mol. The van der Waals surface area contributed by atoms with Gasteiger partial charge >= 0.3 is 0 Å². The van der Waals surface area contributed by atoms with Gasteiger partial charge in [0.25, 0.3) is 15.9 Å². The van der Waals surface area contributed by atoms with E-state index in [1.165, 1.54) is 24.3 Å². The highest BCUT2D eigenvalue weighted by atomic mass is 79.9. The Labute approximate surface area is 172 Å². The van der Waals surface area contributed by atoms with Gasteiger partial charge in [0, 0.05) is 5.69 Å². The monoisotopic (exact) mass is 468 g/mol. The molecular formula is C19H21BrN2O5S. The number of halogens is 1. The summed E-state index contributed by atoms with van der Waals surface area (Å²) in [7, 11) is -3.80. The van der Waals surface area contributed by atoms with E-state index in [0.717, 1.165) is 6.42 Å². The molecule has 0 saturated heterocycles. The molecule has 150 valence electrons. The van der Waals surface area contributed by atoms with Crippen molar-refractivity contribution in [2.45, 2.75) is 36.7 Å². The highest BCUT2D eigenvalue weighted by Gasteiger charge is 2.41. The van der Waals surface area contributed by atoms with Crippen molar-refractivity contribution in [3.8, 4) is 5.75 Å². The number of carbonyl (C=O) groups excluding carboxylic acids is 1. The van der Waals surface area contributed by atoms with Crippen LogP contribution in [0.25, 0.3) is 0 Å². The second kappa shape index (κ2) is 8.10. The van der Waals surface area contributed by atoms with Crippen LogP contribution in [0.4, 0.5) is 11.4 Å². The molecule has 0 aliphatic heterocycles. The van der Waals surface area contributed by atoms with Crippen molar-refractivity contribution in [3.05, 3.63) is 46.9 Å². The quantitative estimate of drug-likeness (QED) is 0.576. The summed E-state index contributed by atoms with van der Waals surface area (Å²) in [4.78, 5) is 12.1. The Kier molecular flexibility index (Phi) is 5.97. The molecule has 9 heteroatoms. The second-order valence-corrected chi connectivity index (χ2v) is 9.08. The molecule has 1 saturated carbocycles. The number of amides is 1. The Morgan fingerprint density at radius 1 is 1.18 bits per heavy atom. The number of carbonyl (C=O) groups is 1. The summed E-state index contributed by atoms with van der Waals surface area (Å²) in [5, 5.41) is 12.6. The third-order valence-electron chi connectivity index (χ3n) is 4.51. The molecule has 0 aromatic heterocycles. The van der Waals surface area contributed by atoms with E-state index in [2.05, 4.69) is 26.0 Å². The minimum absolute atomic E-state index is 0.0536. The van der Waals surface area contributed by atoms with Crippen molar-refractivity contribution in [2.75, 3.05) is 16.6 Å². The summed E-state index contributed by atoms with van der Waals surface area (Å²) in [5.74, 6) is 0.158. The van der Waals surface area contributed by atoms with Crippen molar-refractivity contribution in [3.63, 3.8) is 0 Å². The van der Waals surface area contributed by atoms with E-state index < -0.39 is 21.5 Å². The van der Waals surface area contributed by atoms with Crippen LogP contribution in [0, 0.1) is 0 Å². The van der Waals surface area contributed by atoms with E-state index in [1.807, 2.05) is 6.92 Å². The highest BCUT2D eigenvalue weighted by Crippen LogP contribution is 2.33. The molecule has 0 spiro atoms. The van der Waals surface area contributed by atoms with Crippen molar-refractivity contribution < 1.29 is 23.1 Å². The molecule has 0 atom stereocenters. The summed E-state index contributed by atoms with van der Waals surface area (Å²) in [6.45, 7) is 2.37.